The molecule has 5 heteroatoms. The van der Waals surface area contributed by atoms with E-state index in [1.165, 1.54) is 31.9 Å². The first-order chi connectivity index (χ1) is 8.05. The lowest BCUT2D eigenvalue weighted by molar-refractivity contribution is 0.214. The van der Waals surface area contributed by atoms with E-state index in [0.717, 1.165) is 38.5 Å². The first-order valence-electron chi connectivity index (χ1n) is 6.71. The molecule has 0 amide bonds. The molecule has 0 aromatic heterocycles. The van der Waals surface area contributed by atoms with E-state index in [1.807, 2.05) is 0 Å². The molecule has 0 spiro atoms. The van der Waals surface area contributed by atoms with E-state index in [1.54, 1.807) is 4.31 Å². The van der Waals surface area contributed by atoms with Crippen LogP contribution in [-0.2, 0) is 10.0 Å². The van der Waals surface area contributed by atoms with Gasteiger partial charge in [0.25, 0.3) is 0 Å². The molecule has 100 valence electrons. The van der Waals surface area contributed by atoms with Gasteiger partial charge >= 0.3 is 0 Å². The van der Waals surface area contributed by atoms with Gasteiger partial charge in [-0.05, 0) is 57.0 Å². The minimum absolute atomic E-state index is 0.573. The quantitative estimate of drug-likeness (QED) is 0.825. The predicted octanol–water partition coefficient (Wildman–Crippen LogP) is 1.05. The van der Waals surface area contributed by atoms with E-state index in [-0.39, 0.29) is 0 Å². The Morgan fingerprint density at radius 2 is 2.00 bits per heavy atom. The second kappa shape index (κ2) is 5.67. The Morgan fingerprint density at radius 3 is 2.65 bits per heavy atom. The standard InChI is InChI=1S/C12H24N2O2S/c1-17(15,16)14-7-3-5-12(10-14)8-11-4-2-6-13-9-11/h11-13H,2-10H2,1H3. The van der Waals surface area contributed by atoms with Crippen LogP contribution in [0.3, 0.4) is 0 Å². The van der Waals surface area contributed by atoms with Crippen LogP contribution in [0.25, 0.3) is 0 Å². The summed E-state index contributed by atoms with van der Waals surface area (Å²) in [7, 11) is -2.98. The molecule has 2 fully saturated rings. The molecule has 2 atom stereocenters. The van der Waals surface area contributed by atoms with Crippen molar-refractivity contribution in [1.29, 1.82) is 0 Å². The highest BCUT2D eigenvalue weighted by Crippen LogP contribution is 2.27. The Labute approximate surface area is 105 Å². The van der Waals surface area contributed by atoms with Crippen LogP contribution in [0.5, 0.6) is 0 Å². The van der Waals surface area contributed by atoms with Gasteiger partial charge in [0.1, 0.15) is 0 Å². The number of sulfonamides is 1. The lowest BCUT2D eigenvalue weighted by atomic mass is 9.85. The first kappa shape index (κ1) is 13.3. The normalized spacial score (nSPS) is 32.5. The van der Waals surface area contributed by atoms with E-state index < -0.39 is 10.0 Å². The highest BCUT2D eigenvalue weighted by molar-refractivity contribution is 7.88. The van der Waals surface area contributed by atoms with E-state index >= 15 is 0 Å². The van der Waals surface area contributed by atoms with E-state index in [0.29, 0.717) is 5.92 Å². The zero-order valence-corrected chi connectivity index (χ0v) is 11.5. The third-order valence-corrected chi connectivity index (χ3v) is 5.29. The zero-order valence-electron chi connectivity index (χ0n) is 10.7. The molecular weight excluding hydrogens is 236 g/mol. The third-order valence-electron chi connectivity index (χ3n) is 4.02. The molecule has 2 heterocycles. The minimum Gasteiger partial charge on any atom is -0.316 e. The Bertz CT molecular complexity index is 336. The molecule has 0 bridgehead atoms. The Balaban J connectivity index is 1.84. The molecule has 2 aliphatic rings. The molecule has 0 saturated carbocycles. The lowest BCUT2D eigenvalue weighted by Crippen LogP contribution is -2.41. The molecule has 17 heavy (non-hydrogen) atoms. The van der Waals surface area contributed by atoms with Gasteiger partial charge in [0, 0.05) is 13.1 Å². The maximum Gasteiger partial charge on any atom is 0.211 e. The van der Waals surface area contributed by atoms with Gasteiger partial charge in [0.15, 0.2) is 0 Å². The number of hydrogen-bond donors (Lipinski definition) is 1. The van der Waals surface area contributed by atoms with Crippen LogP contribution < -0.4 is 5.32 Å². The fourth-order valence-electron chi connectivity index (χ4n) is 3.12. The van der Waals surface area contributed by atoms with Crippen LogP contribution in [0, 0.1) is 11.8 Å². The van der Waals surface area contributed by atoms with E-state index in [2.05, 4.69) is 5.32 Å². The summed E-state index contributed by atoms with van der Waals surface area (Å²) in [6.07, 6.45) is 7.33. The van der Waals surface area contributed by atoms with Crippen molar-refractivity contribution in [3.05, 3.63) is 0 Å². The van der Waals surface area contributed by atoms with Gasteiger partial charge < -0.3 is 5.32 Å². The highest BCUT2D eigenvalue weighted by Gasteiger charge is 2.27. The Morgan fingerprint density at radius 1 is 1.24 bits per heavy atom. The average molecular weight is 260 g/mol. The summed E-state index contributed by atoms with van der Waals surface area (Å²) in [5.41, 5.74) is 0. The second-order valence-corrected chi connectivity index (χ2v) is 7.56. The van der Waals surface area contributed by atoms with E-state index in [9.17, 15) is 8.42 Å². The van der Waals surface area contributed by atoms with Gasteiger partial charge in [-0.25, -0.2) is 12.7 Å². The van der Waals surface area contributed by atoms with E-state index in [4.69, 9.17) is 0 Å². The third kappa shape index (κ3) is 3.93. The Kier molecular flexibility index (Phi) is 4.44. The molecule has 4 nitrogen and oxygen atoms in total. The van der Waals surface area contributed by atoms with Gasteiger partial charge in [-0.2, -0.15) is 0 Å². The summed E-state index contributed by atoms with van der Waals surface area (Å²) >= 11 is 0. The van der Waals surface area contributed by atoms with Gasteiger partial charge in [-0.1, -0.05) is 0 Å². The van der Waals surface area contributed by atoms with Crippen LogP contribution in [0.15, 0.2) is 0 Å². The summed E-state index contributed by atoms with van der Waals surface area (Å²) in [5, 5.41) is 3.43. The molecule has 2 saturated heterocycles. The highest BCUT2D eigenvalue weighted by atomic mass is 32.2. The Hall–Kier alpha value is -0.130. The first-order valence-corrected chi connectivity index (χ1v) is 8.56. The lowest BCUT2D eigenvalue weighted by Gasteiger charge is -2.34. The molecule has 0 radical (unpaired) electrons. The fraction of sp³-hybridized carbons (Fsp3) is 1.00. The summed E-state index contributed by atoms with van der Waals surface area (Å²) in [6.45, 7) is 3.74. The van der Waals surface area contributed by atoms with Crippen molar-refractivity contribution in [2.75, 3.05) is 32.4 Å². The predicted molar refractivity (Wildman–Crippen MR) is 69.4 cm³/mol. The number of hydrogen-bond acceptors (Lipinski definition) is 3. The van der Waals surface area contributed by atoms with Crippen LogP contribution in [0.2, 0.25) is 0 Å². The largest absolute Gasteiger partial charge is 0.316 e. The van der Waals surface area contributed by atoms with Crippen LogP contribution in [0.4, 0.5) is 0 Å². The van der Waals surface area contributed by atoms with Crippen molar-refractivity contribution >= 4 is 10.0 Å². The van der Waals surface area contributed by atoms with Gasteiger partial charge in [-0.3, -0.25) is 0 Å². The van der Waals surface area contributed by atoms with Gasteiger partial charge in [0.2, 0.25) is 10.0 Å². The smallest absolute Gasteiger partial charge is 0.211 e. The number of rotatable bonds is 3. The van der Waals surface area contributed by atoms with Crippen molar-refractivity contribution in [2.24, 2.45) is 11.8 Å². The summed E-state index contributed by atoms with van der Waals surface area (Å²) in [5.74, 6) is 1.33. The van der Waals surface area contributed by atoms with Gasteiger partial charge in [-0.15, -0.1) is 0 Å². The van der Waals surface area contributed by atoms with Crippen molar-refractivity contribution in [2.45, 2.75) is 32.1 Å². The maximum atomic E-state index is 11.5. The molecule has 0 aromatic rings. The monoisotopic (exact) mass is 260 g/mol. The number of nitrogens with one attached hydrogen (secondary N) is 1. The fourth-order valence-corrected chi connectivity index (χ4v) is 4.06. The SMILES string of the molecule is CS(=O)(=O)N1CCCC(CC2CCCNC2)C1. The topological polar surface area (TPSA) is 49.4 Å². The number of nitrogens with zero attached hydrogens (tertiary/aromatic N) is 1. The van der Waals surface area contributed by atoms with Crippen molar-refractivity contribution < 1.29 is 8.42 Å². The van der Waals surface area contributed by atoms with Crippen molar-refractivity contribution in [1.82, 2.24) is 9.62 Å². The molecule has 1 N–H and O–H groups in total. The minimum atomic E-state index is -2.98. The zero-order chi connectivity index (χ0) is 12.3. The van der Waals surface area contributed by atoms with Crippen LogP contribution in [0.1, 0.15) is 32.1 Å². The molecule has 0 aliphatic carbocycles. The van der Waals surface area contributed by atoms with Crippen molar-refractivity contribution in [3.8, 4) is 0 Å². The number of piperidine rings is 2. The molecule has 0 aromatic carbocycles. The second-order valence-electron chi connectivity index (χ2n) is 5.58. The summed E-state index contributed by atoms with van der Waals surface area (Å²) in [6, 6.07) is 0. The summed E-state index contributed by atoms with van der Waals surface area (Å²) in [4.78, 5) is 0. The maximum absolute atomic E-state index is 11.5. The summed E-state index contributed by atoms with van der Waals surface area (Å²) < 4.78 is 24.7. The van der Waals surface area contributed by atoms with Crippen molar-refractivity contribution in [3.63, 3.8) is 0 Å². The van der Waals surface area contributed by atoms with Crippen LogP contribution >= 0.6 is 0 Å². The average Bonchev–Trinajstić information content (AvgIpc) is 2.29. The van der Waals surface area contributed by atoms with Gasteiger partial charge in [0.05, 0.1) is 6.26 Å². The molecule has 2 aliphatic heterocycles. The van der Waals surface area contributed by atoms with Crippen LogP contribution in [-0.4, -0.2) is 45.2 Å². The molecule has 2 rings (SSSR count). The molecular formula is C12H24N2O2S. The molecule has 2 unspecified atom stereocenters.